The predicted molar refractivity (Wildman–Crippen MR) is 92.1 cm³/mol. The van der Waals surface area contributed by atoms with Crippen LogP contribution in [0.3, 0.4) is 0 Å². The van der Waals surface area contributed by atoms with E-state index < -0.39 is 0 Å². The Bertz CT molecular complexity index is 571. The Labute approximate surface area is 146 Å². The normalized spacial score (nSPS) is 11.0. The van der Waals surface area contributed by atoms with Gasteiger partial charge in [0.1, 0.15) is 5.75 Å². The summed E-state index contributed by atoms with van der Waals surface area (Å²) < 4.78 is 5.41. The van der Waals surface area contributed by atoms with Gasteiger partial charge in [0.25, 0.3) is 5.91 Å². The van der Waals surface area contributed by atoms with Gasteiger partial charge < -0.3 is 15.0 Å². The van der Waals surface area contributed by atoms with Crippen molar-refractivity contribution in [2.24, 2.45) is 0 Å². The van der Waals surface area contributed by atoms with E-state index in [0.29, 0.717) is 22.3 Å². The summed E-state index contributed by atoms with van der Waals surface area (Å²) in [6, 6.07) is 4.77. The van der Waals surface area contributed by atoms with Crippen LogP contribution in [0.4, 0.5) is 0 Å². The minimum Gasteiger partial charge on any atom is -0.482 e. The summed E-state index contributed by atoms with van der Waals surface area (Å²) in [7, 11) is 0. The van der Waals surface area contributed by atoms with Crippen molar-refractivity contribution in [3.05, 3.63) is 28.2 Å². The number of nitrogens with zero attached hydrogens (tertiary/aromatic N) is 1. The molecule has 23 heavy (non-hydrogen) atoms. The van der Waals surface area contributed by atoms with Gasteiger partial charge in [0.05, 0.1) is 11.6 Å². The van der Waals surface area contributed by atoms with E-state index in [9.17, 15) is 9.59 Å². The van der Waals surface area contributed by atoms with Gasteiger partial charge in [-0.1, -0.05) is 23.2 Å². The lowest BCUT2D eigenvalue weighted by molar-refractivity contribution is -0.137. The van der Waals surface area contributed by atoms with Crippen molar-refractivity contribution < 1.29 is 14.3 Å². The molecule has 0 aliphatic rings. The van der Waals surface area contributed by atoms with Crippen LogP contribution in [0.1, 0.15) is 27.7 Å². The van der Waals surface area contributed by atoms with Crippen LogP contribution in [-0.2, 0) is 9.59 Å². The highest BCUT2D eigenvalue weighted by atomic mass is 35.5. The fourth-order valence-electron chi connectivity index (χ4n) is 1.83. The van der Waals surface area contributed by atoms with E-state index in [1.807, 2.05) is 20.8 Å². The first-order valence-corrected chi connectivity index (χ1v) is 8.04. The molecule has 0 spiro atoms. The van der Waals surface area contributed by atoms with Crippen LogP contribution in [0.15, 0.2) is 18.2 Å². The first kappa shape index (κ1) is 19.6. The Morgan fingerprint density at radius 3 is 2.48 bits per heavy atom. The number of carbonyl (C=O) groups is 2. The van der Waals surface area contributed by atoms with E-state index in [1.54, 1.807) is 25.1 Å². The molecule has 0 aliphatic carbocycles. The monoisotopic (exact) mass is 360 g/mol. The molecule has 0 radical (unpaired) electrons. The topological polar surface area (TPSA) is 58.6 Å². The second kappa shape index (κ2) is 8.41. The Kier molecular flexibility index (Phi) is 7.16. The van der Waals surface area contributed by atoms with Crippen molar-refractivity contribution in [1.29, 1.82) is 0 Å². The van der Waals surface area contributed by atoms with Crippen molar-refractivity contribution in [3.8, 4) is 5.75 Å². The molecule has 0 fully saturated rings. The van der Waals surface area contributed by atoms with Gasteiger partial charge in [0.2, 0.25) is 5.91 Å². The summed E-state index contributed by atoms with van der Waals surface area (Å²) in [4.78, 5) is 25.5. The highest BCUT2D eigenvalue weighted by Crippen LogP contribution is 2.27. The lowest BCUT2D eigenvalue weighted by Gasteiger charge is -2.25. The zero-order chi connectivity index (χ0) is 17.6. The summed E-state index contributed by atoms with van der Waals surface area (Å²) in [5.41, 5.74) is -0.343. The molecule has 0 heterocycles. The summed E-state index contributed by atoms with van der Waals surface area (Å²) in [6.07, 6.45) is 0. The third kappa shape index (κ3) is 7.10. The van der Waals surface area contributed by atoms with Crippen LogP contribution < -0.4 is 10.1 Å². The fourth-order valence-corrected chi connectivity index (χ4v) is 2.16. The van der Waals surface area contributed by atoms with E-state index in [-0.39, 0.29) is 30.5 Å². The molecule has 7 heteroatoms. The van der Waals surface area contributed by atoms with Gasteiger partial charge in [0.15, 0.2) is 6.61 Å². The number of hydrogen-bond donors (Lipinski definition) is 1. The molecule has 1 aromatic carbocycles. The predicted octanol–water partition coefficient (Wildman–Crippen LogP) is 3.14. The SMILES string of the molecule is CCN(CC(=O)NC(C)(C)C)C(=O)COc1cc(Cl)ccc1Cl. The van der Waals surface area contributed by atoms with E-state index in [1.165, 1.54) is 4.90 Å². The number of rotatable bonds is 6. The molecule has 0 aromatic heterocycles. The average Bonchev–Trinajstić information content (AvgIpc) is 2.43. The standard InChI is InChI=1S/C16H22Cl2N2O3/c1-5-20(9-14(21)19-16(2,3)4)15(22)10-23-13-8-11(17)6-7-12(13)18/h6-8H,5,9-10H2,1-4H3,(H,19,21). The number of amides is 2. The molecule has 0 unspecified atom stereocenters. The Hall–Kier alpha value is -1.46. The van der Waals surface area contributed by atoms with E-state index in [0.717, 1.165) is 0 Å². The molecule has 0 atom stereocenters. The summed E-state index contributed by atoms with van der Waals surface area (Å²) in [5.74, 6) is -0.177. The van der Waals surface area contributed by atoms with Gasteiger partial charge in [-0.05, 0) is 39.8 Å². The number of nitrogens with one attached hydrogen (secondary N) is 1. The zero-order valence-corrected chi connectivity index (χ0v) is 15.3. The number of likely N-dealkylation sites (N-methyl/N-ethyl adjacent to an activating group) is 1. The van der Waals surface area contributed by atoms with Crippen LogP contribution in [-0.4, -0.2) is 41.9 Å². The Balaban J connectivity index is 2.60. The molecule has 1 rings (SSSR count). The number of carbonyl (C=O) groups excluding carboxylic acids is 2. The van der Waals surface area contributed by atoms with Gasteiger partial charge in [0, 0.05) is 23.2 Å². The lowest BCUT2D eigenvalue weighted by Crippen LogP contribution is -2.48. The third-order valence-corrected chi connectivity index (χ3v) is 3.38. The summed E-state index contributed by atoms with van der Waals surface area (Å²) >= 11 is 11.8. The van der Waals surface area contributed by atoms with Crippen molar-refractivity contribution in [1.82, 2.24) is 10.2 Å². The molecule has 5 nitrogen and oxygen atoms in total. The van der Waals surface area contributed by atoms with Gasteiger partial charge in [-0.3, -0.25) is 9.59 Å². The van der Waals surface area contributed by atoms with Crippen LogP contribution in [0.2, 0.25) is 10.0 Å². The summed E-state index contributed by atoms with van der Waals surface area (Å²) in [6.45, 7) is 7.63. The second-order valence-corrected chi connectivity index (χ2v) is 6.91. The number of hydrogen-bond acceptors (Lipinski definition) is 3. The molecule has 1 aromatic rings. The largest absolute Gasteiger partial charge is 0.482 e. The molecule has 0 saturated carbocycles. The maximum atomic E-state index is 12.2. The molecule has 0 saturated heterocycles. The van der Waals surface area contributed by atoms with Crippen molar-refractivity contribution >= 4 is 35.0 Å². The second-order valence-electron chi connectivity index (χ2n) is 6.07. The zero-order valence-electron chi connectivity index (χ0n) is 13.8. The van der Waals surface area contributed by atoms with Crippen molar-refractivity contribution in [3.63, 3.8) is 0 Å². The number of halogens is 2. The van der Waals surface area contributed by atoms with Gasteiger partial charge >= 0.3 is 0 Å². The smallest absolute Gasteiger partial charge is 0.260 e. The van der Waals surface area contributed by atoms with E-state index >= 15 is 0 Å². The maximum absolute atomic E-state index is 12.2. The van der Waals surface area contributed by atoms with Gasteiger partial charge in [-0.15, -0.1) is 0 Å². The molecule has 0 bridgehead atoms. The van der Waals surface area contributed by atoms with Crippen LogP contribution in [0.25, 0.3) is 0 Å². The minimum absolute atomic E-state index is 0.0146. The van der Waals surface area contributed by atoms with E-state index in [2.05, 4.69) is 5.32 Å². The molecule has 128 valence electrons. The average molecular weight is 361 g/mol. The van der Waals surface area contributed by atoms with Crippen LogP contribution >= 0.6 is 23.2 Å². The van der Waals surface area contributed by atoms with E-state index in [4.69, 9.17) is 27.9 Å². The fraction of sp³-hybridized carbons (Fsp3) is 0.500. The van der Waals surface area contributed by atoms with Crippen molar-refractivity contribution in [2.45, 2.75) is 33.2 Å². The first-order chi connectivity index (χ1) is 10.6. The first-order valence-electron chi connectivity index (χ1n) is 7.29. The molecule has 2 amide bonds. The molecule has 1 N–H and O–H groups in total. The quantitative estimate of drug-likeness (QED) is 0.847. The molecular weight excluding hydrogens is 339 g/mol. The highest BCUT2D eigenvalue weighted by Gasteiger charge is 2.20. The van der Waals surface area contributed by atoms with Crippen LogP contribution in [0.5, 0.6) is 5.75 Å². The highest BCUT2D eigenvalue weighted by molar-refractivity contribution is 6.34. The maximum Gasteiger partial charge on any atom is 0.260 e. The van der Waals surface area contributed by atoms with Crippen LogP contribution in [0, 0.1) is 0 Å². The number of benzene rings is 1. The Morgan fingerprint density at radius 2 is 1.91 bits per heavy atom. The van der Waals surface area contributed by atoms with Crippen molar-refractivity contribution in [2.75, 3.05) is 19.7 Å². The lowest BCUT2D eigenvalue weighted by atomic mass is 10.1. The van der Waals surface area contributed by atoms with Gasteiger partial charge in [-0.2, -0.15) is 0 Å². The Morgan fingerprint density at radius 1 is 1.26 bits per heavy atom. The number of ether oxygens (including phenoxy) is 1. The molecule has 0 aliphatic heterocycles. The third-order valence-electron chi connectivity index (χ3n) is 2.83. The van der Waals surface area contributed by atoms with Gasteiger partial charge in [-0.25, -0.2) is 0 Å². The summed E-state index contributed by atoms with van der Waals surface area (Å²) in [5, 5.41) is 3.65. The molecular formula is C16H22Cl2N2O3. The minimum atomic E-state index is -0.343.